The van der Waals surface area contributed by atoms with Gasteiger partial charge < -0.3 is 9.73 Å². The predicted octanol–water partition coefficient (Wildman–Crippen LogP) is 3.30. The Kier molecular flexibility index (Phi) is 4.80. The van der Waals surface area contributed by atoms with Crippen molar-refractivity contribution in [2.24, 2.45) is 0 Å². The van der Waals surface area contributed by atoms with Crippen molar-refractivity contribution >= 4 is 0 Å². The van der Waals surface area contributed by atoms with Crippen molar-refractivity contribution in [3.05, 3.63) is 41.6 Å². The minimum atomic E-state index is 0.329. The van der Waals surface area contributed by atoms with Crippen LogP contribution in [0.5, 0.6) is 0 Å². The lowest BCUT2D eigenvalue weighted by Crippen LogP contribution is -2.19. The van der Waals surface area contributed by atoms with Gasteiger partial charge in [-0.2, -0.15) is 5.10 Å². The number of nitrogens with one attached hydrogen (secondary N) is 1. The van der Waals surface area contributed by atoms with Crippen LogP contribution in [-0.2, 0) is 19.5 Å². The normalized spacial score (nSPS) is 12.8. The summed E-state index contributed by atoms with van der Waals surface area (Å²) in [5.41, 5.74) is 1.24. The van der Waals surface area contributed by atoms with Crippen molar-refractivity contribution in [3.8, 4) is 0 Å². The van der Waals surface area contributed by atoms with E-state index in [0.29, 0.717) is 6.04 Å². The van der Waals surface area contributed by atoms with Gasteiger partial charge in [-0.05, 0) is 25.5 Å². The van der Waals surface area contributed by atoms with E-state index < -0.39 is 0 Å². The van der Waals surface area contributed by atoms with Crippen molar-refractivity contribution in [2.75, 3.05) is 0 Å². The van der Waals surface area contributed by atoms with E-state index in [0.717, 1.165) is 37.5 Å². The van der Waals surface area contributed by atoms with Crippen molar-refractivity contribution < 1.29 is 4.42 Å². The third-order valence-electron chi connectivity index (χ3n) is 3.38. The predicted molar refractivity (Wildman–Crippen MR) is 75.9 cm³/mol. The molecule has 1 N–H and O–H groups in total. The van der Waals surface area contributed by atoms with Gasteiger partial charge in [0.15, 0.2) is 0 Å². The largest absolute Gasteiger partial charge is 0.465 e. The van der Waals surface area contributed by atoms with Crippen LogP contribution >= 0.6 is 0 Å². The Bertz CT molecular complexity index is 501. The van der Waals surface area contributed by atoms with Crippen LogP contribution in [0, 0.1) is 0 Å². The number of nitrogens with zero attached hydrogens (tertiary/aromatic N) is 2. The number of rotatable bonds is 7. The molecule has 0 aliphatic rings. The summed E-state index contributed by atoms with van der Waals surface area (Å²) in [7, 11) is 0. The lowest BCUT2D eigenvalue weighted by Gasteiger charge is -2.14. The summed E-state index contributed by atoms with van der Waals surface area (Å²) >= 11 is 0. The summed E-state index contributed by atoms with van der Waals surface area (Å²) in [5.74, 6) is 2.04. The molecule has 0 unspecified atom stereocenters. The minimum absolute atomic E-state index is 0.329. The van der Waals surface area contributed by atoms with Crippen LogP contribution in [0.4, 0.5) is 0 Å². The van der Waals surface area contributed by atoms with Gasteiger partial charge in [0.25, 0.3) is 0 Å². The highest BCUT2D eigenvalue weighted by Gasteiger charge is 2.11. The van der Waals surface area contributed by atoms with Crippen molar-refractivity contribution in [1.82, 2.24) is 15.1 Å². The Balaban J connectivity index is 1.95. The van der Waals surface area contributed by atoms with Crippen molar-refractivity contribution in [2.45, 2.75) is 52.7 Å². The molecular weight excluding hydrogens is 238 g/mol. The molecule has 0 saturated heterocycles. The lowest BCUT2D eigenvalue weighted by atomic mass is 10.1. The molecule has 0 fully saturated rings. The first-order valence-corrected chi connectivity index (χ1v) is 7.10. The summed E-state index contributed by atoms with van der Waals surface area (Å²) < 4.78 is 7.67. The maximum atomic E-state index is 5.71. The van der Waals surface area contributed by atoms with Crippen LogP contribution < -0.4 is 5.32 Å². The highest BCUT2D eigenvalue weighted by atomic mass is 16.3. The number of hydrogen-bond donors (Lipinski definition) is 1. The SMILES string of the molecule is CCc1ccc(CN[C@@H](CC)c2cnn(CC)c2)o1. The van der Waals surface area contributed by atoms with Gasteiger partial charge in [0.2, 0.25) is 0 Å². The van der Waals surface area contributed by atoms with Gasteiger partial charge in [0.1, 0.15) is 11.5 Å². The van der Waals surface area contributed by atoms with Gasteiger partial charge in [-0.15, -0.1) is 0 Å². The molecular formula is C15H23N3O. The van der Waals surface area contributed by atoms with E-state index in [2.05, 4.69) is 37.4 Å². The van der Waals surface area contributed by atoms with Crippen LogP contribution in [0.15, 0.2) is 28.9 Å². The number of hydrogen-bond acceptors (Lipinski definition) is 3. The Morgan fingerprint density at radius 1 is 1.26 bits per heavy atom. The van der Waals surface area contributed by atoms with Crippen molar-refractivity contribution in [3.63, 3.8) is 0 Å². The van der Waals surface area contributed by atoms with E-state index in [1.165, 1.54) is 5.56 Å². The molecule has 0 aromatic carbocycles. The fraction of sp³-hybridized carbons (Fsp3) is 0.533. The third kappa shape index (κ3) is 3.47. The number of aryl methyl sites for hydroxylation is 2. The molecule has 104 valence electrons. The zero-order chi connectivity index (χ0) is 13.7. The first-order chi connectivity index (χ1) is 9.26. The summed E-state index contributed by atoms with van der Waals surface area (Å²) in [5, 5.41) is 7.86. The second-order valence-electron chi connectivity index (χ2n) is 4.69. The summed E-state index contributed by atoms with van der Waals surface area (Å²) in [6.45, 7) is 8.05. The number of furan rings is 1. The van der Waals surface area contributed by atoms with Gasteiger partial charge in [0.05, 0.1) is 12.7 Å². The standard InChI is InChI=1S/C15H23N3O/c1-4-13-7-8-14(19-13)10-16-15(5-2)12-9-17-18(6-3)11-12/h7-9,11,15-16H,4-6,10H2,1-3H3/t15-/m0/s1. The van der Waals surface area contributed by atoms with E-state index in [1.807, 2.05) is 23.0 Å². The monoisotopic (exact) mass is 261 g/mol. The lowest BCUT2D eigenvalue weighted by molar-refractivity contribution is 0.423. The van der Waals surface area contributed by atoms with Gasteiger partial charge in [0, 0.05) is 30.8 Å². The first kappa shape index (κ1) is 13.9. The Morgan fingerprint density at radius 3 is 2.63 bits per heavy atom. The molecule has 0 aliphatic heterocycles. The third-order valence-corrected chi connectivity index (χ3v) is 3.38. The van der Waals surface area contributed by atoms with Crippen LogP contribution in [0.1, 0.15) is 50.3 Å². The molecule has 2 heterocycles. The zero-order valence-electron chi connectivity index (χ0n) is 12.0. The van der Waals surface area contributed by atoms with Gasteiger partial charge in [-0.3, -0.25) is 4.68 Å². The van der Waals surface area contributed by atoms with Crippen molar-refractivity contribution in [1.29, 1.82) is 0 Å². The fourth-order valence-corrected chi connectivity index (χ4v) is 2.16. The Morgan fingerprint density at radius 2 is 2.05 bits per heavy atom. The summed E-state index contributed by atoms with van der Waals surface area (Å²) in [4.78, 5) is 0. The first-order valence-electron chi connectivity index (χ1n) is 7.10. The second kappa shape index (κ2) is 6.57. The maximum absolute atomic E-state index is 5.71. The molecule has 4 nitrogen and oxygen atoms in total. The molecule has 1 atom stereocenters. The molecule has 4 heteroatoms. The van der Waals surface area contributed by atoms with Crippen LogP contribution in [-0.4, -0.2) is 9.78 Å². The van der Waals surface area contributed by atoms with Gasteiger partial charge >= 0.3 is 0 Å². The molecule has 0 saturated carbocycles. The zero-order valence-corrected chi connectivity index (χ0v) is 12.0. The highest BCUT2D eigenvalue weighted by molar-refractivity contribution is 5.11. The van der Waals surface area contributed by atoms with E-state index in [1.54, 1.807) is 0 Å². The van der Waals surface area contributed by atoms with E-state index in [-0.39, 0.29) is 0 Å². The van der Waals surface area contributed by atoms with E-state index >= 15 is 0 Å². The Hall–Kier alpha value is -1.55. The molecule has 2 aromatic rings. The van der Waals surface area contributed by atoms with Crippen LogP contribution in [0.3, 0.4) is 0 Å². The maximum Gasteiger partial charge on any atom is 0.117 e. The minimum Gasteiger partial charge on any atom is -0.465 e. The second-order valence-corrected chi connectivity index (χ2v) is 4.69. The summed E-state index contributed by atoms with van der Waals surface area (Å²) in [6.07, 6.45) is 6.04. The molecule has 2 rings (SSSR count). The molecule has 0 aliphatic carbocycles. The van der Waals surface area contributed by atoms with Crippen LogP contribution in [0.2, 0.25) is 0 Å². The highest BCUT2D eigenvalue weighted by Crippen LogP contribution is 2.17. The molecule has 2 aromatic heterocycles. The van der Waals surface area contributed by atoms with Gasteiger partial charge in [-0.25, -0.2) is 0 Å². The fourth-order valence-electron chi connectivity index (χ4n) is 2.16. The summed E-state index contributed by atoms with van der Waals surface area (Å²) in [6, 6.07) is 4.43. The van der Waals surface area contributed by atoms with E-state index in [9.17, 15) is 0 Å². The molecule has 19 heavy (non-hydrogen) atoms. The molecule has 0 radical (unpaired) electrons. The Labute approximate surface area is 114 Å². The number of aromatic nitrogens is 2. The van der Waals surface area contributed by atoms with E-state index in [4.69, 9.17) is 4.42 Å². The molecule has 0 bridgehead atoms. The molecule has 0 spiro atoms. The topological polar surface area (TPSA) is 43.0 Å². The average molecular weight is 261 g/mol. The molecule has 0 amide bonds. The van der Waals surface area contributed by atoms with Crippen LogP contribution in [0.25, 0.3) is 0 Å². The smallest absolute Gasteiger partial charge is 0.117 e. The average Bonchev–Trinajstić information content (AvgIpc) is 3.08. The quantitative estimate of drug-likeness (QED) is 0.831. The van der Waals surface area contributed by atoms with Gasteiger partial charge in [-0.1, -0.05) is 13.8 Å².